The van der Waals surface area contributed by atoms with Crippen LogP contribution in [0.25, 0.3) is 0 Å². The normalized spacial score (nSPS) is 9.40. The van der Waals surface area contributed by atoms with Crippen LogP contribution in [0.3, 0.4) is 0 Å². The lowest BCUT2D eigenvalue weighted by molar-refractivity contribution is -0.132. The Morgan fingerprint density at radius 3 is 2.80 bits per heavy atom. The van der Waals surface area contributed by atoms with Crippen molar-refractivity contribution in [2.75, 3.05) is 12.8 Å². The van der Waals surface area contributed by atoms with Gasteiger partial charge in [-0.1, -0.05) is 6.92 Å². The largest absolute Gasteiger partial charge is 0.514 e. The van der Waals surface area contributed by atoms with E-state index in [2.05, 4.69) is 4.43 Å². The van der Waals surface area contributed by atoms with Crippen LogP contribution in [0.4, 0.5) is 0 Å². The van der Waals surface area contributed by atoms with Crippen LogP contribution in [0.2, 0.25) is 0 Å². The lowest BCUT2D eigenvalue weighted by Gasteiger charge is -1.99. The van der Waals surface area contributed by atoms with Gasteiger partial charge in [0.25, 0.3) is 5.97 Å². The minimum Gasteiger partial charge on any atom is -0.514 e. The van der Waals surface area contributed by atoms with E-state index in [1.165, 1.54) is 6.92 Å². The fourth-order valence-electron chi connectivity index (χ4n) is 0.389. The Balaban J connectivity index is 2.84. The zero-order chi connectivity index (χ0) is 7.82. The Kier molecular flexibility index (Phi) is 6.52. The highest BCUT2D eigenvalue weighted by Gasteiger charge is 1.94. The first-order chi connectivity index (χ1) is 4.77. The SMILES string of the molecule is CCCOC[Si]OC(C)=O. The second-order valence-corrected chi connectivity index (χ2v) is 2.57. The third-order valence-electron chi connectivity index (χ3n) is 0.725. The van der Waals surface area contributed by atoms with E-state index in [1.54, 1.807) is 0 Å². The van der Waals surface area contributed by atoms with Gasteiger partial charge in [0.2, 0.25) is 0 Å². The summed E-state index contributed by atoms with van der Waals surface area (Å²) < 4.78 is 9.72. The predicted octanol–water partition coefficient (Wildman–Crippen LogP) is 0.553. The molecule has 2 radical (unpaired) electrons. The third kappa shape index (κ3) is 7.65. The minimum absolute atomic E-state index is 0.151. The molecule has 0 aromatic heterocycles. The fraction of sp³-hybridized carbons (Fsp3) is 0.833. The number of hydrogen-bond acceptors (Lipinski definition) is 3. The summed E-state index contributed by atoms with van der Waals surface area (Å²) in [7, 11) is 0.151. The molecule has 0 N–H and O–H groups in total. The summed E-state index contributed by atoms with van der Waals surface area (Å²) >= 11 is 0. The van der Waals surface area contributed by atoms with Crippen molar-refractivity contribution >= 4 is 15.7 Å². The van der Waals surface area contributed by atoms with Crippen LogP contribution < -0.4 is 0 Å². The third-order valence-corrected chi connectivity index (χ3v) is 1.48. The van der Waals surface area contributed by atoms with Gasteiger partial charge in [-0.05, 0) is 6.42 Å². The summed E-state index contributed by atoms with van der Waals surface area (Å²) in [4.78, 5) is 10.2. The van der Waals surface area contributed by atoms with Crippen molar-refractivity contribution in [2.24, 2.45) is 0 Å². The van der Waals surface area contributed by atoms with Gasteiger partial charge in [0, 0.05) is 13.5 Å². The molecule has 0 aliphatic heterocycles. The zero-order valence-electron chi connectivity index (χ0n) is 6.35. The molecule has 0 spiro atoms. The molecule has 58 valence electrons. The highest BCUT2D eigenvalue weighted by Crippen LogP contribution is 1.79. The molecule has 4 heteroatoms. The second-order valence-electron chi connectivity index (χ2n) is 1.79. The van der Waals surface area contributed by atoms with Crippen LogP contribution in [-0.4, -0.2) is 28.6 Å². The van der Waals surface area contributed by atoms with Gasteiger partial charge in [0.05, 0.1) is 6.23 Å². The standard InChI is InChI=1S/C6H12O3Si/c1-3-4-8-5-10-9-6(2)7/h3-5H2,1-2H3. The Labute approximate surface area is 63.7 Å². The topological polar surface area (TPSA) is 35.5 Å². The van der Waals surface area contributed by atoms with Crippen molar-refractivity contribution in [3.8, 4) is 0 Å². The smallest absolute Gasteiger partial charge is 0.343 e. The molecule has 0 saturated heterocycles. The summed E-state index contributed by atoms with van der Waals surface area (Å²) in [6, 6.07) is 0. The average Bonchev–Trinajstić information content (AvgIpc) is 1.87. The molecule has 0 aliphatic carbocycles. The molecular weight excluding hydrogens is 148 g/mol. The van der Waals surface area contributed by atoms with Crippen LogP contribution in [0.15, 0.2) is 0 Å². The van der Waals surface area contributed by atoms with Gasteiger partial charge >= 0.3 is 9.76 Å². The molecular formula is C6H12O3Si. The Morgan fingerprint density at radius 2 is 2.30 bits per heavy atom. The van der Waals surface area contributed by atoms with Gasteiger partial charge in [0.15, 0.2) is 0 Å². The number of rotatable bonds is 5. The van der Waals surface area contributed by atoms with Crippen molar-refractivity contribution in [1.29, 1.82) is 0 Å². The molecule has 0 aromatic carbocycles. The lowest BCUT2D eigenvalue weighted by Crippen LogP contribution is -2.11. The van der Waals surface area contributed by atoms with Crippen LogP contribution in [0.1, 0.15) is 20.3 Å². The van der Waals surface area contributed by atoms with E-state index in [1.807, 2.05) is 6.92 Å². The summed E-state index contributed by atoms with van der Waals surface area (Å²) in [5.41, 5.74) is 0. The van der Waals surface area contributed by atoms with Crippen LogP contribution in [0.5, 0.6) is 0 Å². The maximum absolute atomic E-state index is 10.2. The van der Waals surface area contributed by atoms with Gasteiger partial charge in [0.1, 0.15) is 0 Å². The van der Waals surface area contributed by atoms with E-state index < -0.39 is 0 Å². The van der Waals surface area contributed by atoms with E-state index in [0.29, 0.717) is 6.23 Å². The maximum Gasteiger partial charge on any atom is 0.343 e. The van der Waals surface area contributed by atoms with E-state index in [0.717, 1.165) is 13.0 Å². The van der Waals surface area contributed by atoms with Gasteiger partial charge in [-0.3, -0.25) is 4.79 Å². The van der Waals surface area contributed by atoms with Crippen molar-refractivity contribution in [3.05, 3.63) is 0 Å². The Hall–Kier alpha value is -0.353. The van der Waals surface area contributed by atoms with E-state index in [-0.39, 0.29) is 15.7 Å². The zero-order valence-corrected chi connectivity index (χ0v) is 7.35. The van der Waals surface area contributed by atoms with E-state index >= 15 is 0 Å². The molecule has 0 aliphatic rings. The predicted molar refractivity (Wildman–Crippen MR) is 38.6 cm³/mol. The fourth-order valence-corrected chi connectivity index (χ4v) is 0.879. The Morgan fingerprint density at radius 1 is 1.60 bits per heavy atom. The molecule has 0 heterocycles. The number of ether oxygens (including phenoxy) is 1. The van der Waals surface area contributed by atoms with Crippen molar-refractivity contribution in [1.82, 2.24) is 0 Å². The first-order valence-corrected chi connectivity index (χ1v) is 4.37. The molecule has 0 fully saturated rings. The van der Waals surface area contributed by atoms with E-state index in [4.69, 9.17) is 4.74 Å². The molecule has 3 nitrogen and oxygen atoms in total. The molecule has 0 atom stereocenters. The molecule has 0 unspecified atom stereocenters. The maximum atomic E-state index is 10.2. The van der Waals surface area contributed by atoms with Crippen molar-refractivity contribution in [2.45, 2.75) is 20.3 Å². The van der Waals surface area contributed by atoms with Crippen LogP contribution in [0, 0.1) is 0 Å². The summed E-state index contributed by atoms with van der Waals surface area (Å²) in [6.07, 6.45) is 1.54. The number of carbonyl (C=O) groups is 1. The van der Waals surface area contributed by atoms with Crippen molar-refractivity contribution in [3.63, 3.8) is 0 Å². The number of hydrogen-bond donors (Lipinski definition) is 0. The van der Waals surface area contributed by atoms with Gasteiger partial charge < -0.3 is 9.16 Å². The van der Waals surface area contributed by atoms with Crippen molar-refractivity contribution < 1.29 is 14.0 Å². The first kappa shape index (κ1) is 9.65. The summed E-state index contributed by atoms with van der Waals surface area (Å²) in [6.45, 7) is 4.18. The Bertz CT molecular complexity index is 95.0. The van der Waals surface area contributed by atoms with Crippen LogP contribution in [-0.2, 0) is 14.0 Å². The second kappa shape index (κ2) is 6.76. The van der Waals surface area contributed by atoms with Gasteiger partial charge in [-0.25, -0.2) is 0 Å². The van der Waals surface area contributed by atoms with E-state index in [9.17, 15) is 4.79 Å². The molecule has 0 aromatic rings. The highest BCUT2D eigenvalue weighted by atomic mass is 28.2. The quantitative estimate of drug-likeness (QED) is 0.435. The highest BCUT2D eigenvalue weighted by molar-refractivity contribution is 6.30. The lowest BCUT2D eigenvalue weighted by atomic mass is 10.5. The van der Waals surface area contributed by atoms with Crippen LogP contribution >= 0.6 is 0 Å². The molecule has 0 bridgehead atoms. The minimum atomic E-state index is -0.238. The van der Waals surface area contributed by atoms with Gasteiger partial charge in [-0.15, -0.1) is 0 Å². The van der Waals surface area contributed by atoms with Gasteiger partial charge in [-0.2, -0.15) is 0 Å². The molecule has 0 rings (SSSR count). The molecule has 10 heavy (non-hydrogen) atoms. The average molecular weight is 160 g/mol. The molecule has 0 amide bonds. The first-order valence-electron chi connectivity index (χ1n) is 3.25. The molecule has 0 saturated carbocycles. The monoisotopic (exact) mass is 160 g/mol. The summed E-state index contributed by atoms with van der Waals surface area (Å²) in [5.74, 6) is -0.238. The summed E-state index contributed by atoms with van der Waals surface area (Å²) in [5, 5.41) is 0. The number of carbonyl (C=O) groups excluding carboxylic acids is 1.